The number of benzene rings is 1. The largest absolute Gasteiger partial charge is 0.347 e. The second-order valence-corrected chi connectivity index (χ2v) is 4.12. The molecule has 0 saturated heterocycles. The van der Waals surface area contributed by atoms with Crippen molar-refractivity contribution in [2.75, 3.05) is 0 Å². The number of aromatic nitrogens is 1. The molecule has 1 amide bonds. The lowest BCUT2D eigenvalue weighted by atomic mass is 10.1. The predicted molar refractivity (Wildman–Crippen MR) is 71.4 cm³/mol. The van der Waals surface area contributed by atoms with Crippen LogP contribution in [0, 0.1) is 0 Å². The third-order valence-electron chi connectivity index (χ3n) is 2.50. The summed E-state index contributed by atoms with van der Waals surface area (Å²) in [4.78, 5) is 15.8. The summed E-state index contributed by atoms with van der Waals surface area (Å²) in [5, 5.41) is 2.82. The van der Waals surface area contributed by atoms with Gasteiger partial charge in [0.25, 0.3) is 5.91 Å². The molecule has 18 heavy (non-hydrogen) atoms. The summed E-state index contributed by atoms with van der Waals surface area (Å²) < 4.78 is 0. The maximum Gasteiger partial charge on any atom is 0.270 e. The zero-order valence-corrected chi connectivity index (χ0v) is 10.5. The average molecular weight is 261 g/mol. The van der Waals surface area contributed by atoms with Gasteiger partial charge >= 0.3 is 0 Å². The van der Waals surface area contributed by atoms with Crippen LogP contribution in [-0.2, 0) is 12.4 Å². The Hall–Kier alpha value is -1.87. The molecular weight excluding hydrogens is 248 g/mol. The minimum absolute atomic E-state index is 0.174. The molecule has 1 heterocycles. The topological polar surface area (TPSA) is 42.0 Å². The van der Waals surface area contributed by atoms with Gasteiger partial charge in [-0.3, -0.25) is 9.78 Å². The van der Waals surface area contributed by atoms with Crippen molar-refractivity contribution in [1.82, 2.24) is 10.3 Å². The minimum Gasteiger partial charge on any atom is -0.347 e. The van der Waals surface area contributed by atoms with E-state index in [1.165, 1.54) is 0 Å². The average Bonchev–Trinajstić information content (AvgIpc) is 2.46. The van der Waals surface area contributed by atoms with Crippen molar-refractivity contribution in [1.29, 1.82) is 0 Å². The fourth-order valence-corrected chi connectivity index (χ4v) is 1.76. The Morgan fingerprint density at radius 3 is 2.72 bits per heavy atom. The molecule has 0 atom stereocenters. The summed E-state index contributed by atoms with van der Waals surface area (Å²) in [6, 6.07) is 13.1. The number of halogens is 1. The maximum absolute atomic E-state index is 11.8. The van der Waals surface area contributed by atoms with E-state index in [2.05, 4.69) is 10.3 Å². The highest BCUT2D eigenvalue weighted by molar-refractivity contribution is 6.17. The van der Waals surface area contributed by atoms with Gasteiger partial charge < -0.3 is 5.32 Å². The normalized spacial score (nSPS) is 10.1. The summed E-state index contributed by atoms with van der Waals surface area (Å²) in [6.45, 7) is 0.472. The molecule has 3 nitrogen and oxygen atoms in total. The lowest BCUT2D eigenvalue weighted by Gasteiger charge is -2.05. The van der Waals surface area contributed by atoms with Crippen molar-refractivity contribution in [3.63, 3.8) is 0 Å². The van der Waals surface area contributed by atoms with E-state index >= 15 is 0 Å². The molecule has 4 heteroatoms. The van der Waals surface area contributed by atoms with E-state index in [0.717, 1.165) is 11.1 Å². The third kappa shape index (κ3) is 3.31. The summed E-state index contributed by atoms with van der Waals surface area (Å²) in [7, 11) is 0. The molecule has 2 aromatic rings. The maximum atomic E-state index is 11.8. The number of amides is 1. The van der Waals surface area contributed by atoms with Gasteiger partial charge in [-0.2, -0.15) is 0 Å². The van der Waals surface area contributed by atoms with Crippen LogP contribution in [0.4, 0.5) is 0 Å². The number of rotatable bonds is 4. The van der Waals surface area contributed by atoms with Crippen molar-refractivity contribution >= 4 is 17.5 Å². The van der Waals surface area contributed by atoms with Crippen LogP contribution in [-0.4, -0.2) is 10.9 Å². The molecular formula is C14H13ClN2O. The molecule has 2 rings (SSSR count). The second-order valence-electron chi connectivity index (χ2n) is 3.85. The lowest BCUT2D eigenvalue weighted by Crippen LogP contribution is -2.23. The Balaban J connectivity index is 1.97. The Labute approximate surface area is 111 Å². The molecule has 0 radical (unpaired) electrons. The highest BCUT2D eigenvalue weighted by Gasteiger charge is 2.05. The van der Waals surface area contributed by atoms with Crippen molar-refractivity contribution in [3.8, 4) is 0 Å². The van der Waals surface area contributed by atoms with Crippen molar-refractivity contribution in [3.05, 3.63) is 65.5 Å². The number of nitrogens with zero attached hydrogens (tertiary/aromatic N) is 1. The van der Waals surface area contributed by atoms with Gasteiger partial charge in [-0.25, -0.2) is 0 Å². The molecule has 0 saturated carbocycles. The monoisotopic (exact) mass is 260 g/mol. The molecule has 92 valence electrons. The number of carbonyl (C=O) groups is 1. The highest BCUT2D eigenvalue weighted by atomic mass is 35.5. The van der Waals surface area contributed by atoms with E-state index in [9.17, 15) is 4.79 Å². The van der Waals surface area contributed by atoms with Crippen LogP contribution in [0.25, 0.3) is 0 Å². The molecule has 0 fully saturated rings. The standard InChI is InChI=1S/C14H13ClN2O/c15-9-11-4-3-5-12(8-11)10-17-14(18)13-6-1-2-7-16-13/h1-8H,9-10H2,(H,17,18). The number of nitrogens with one attached hydrogen (secondary N) is 1. The summed E-state index contributed by atoms with van der Waals surface area (Å²) in [5.74, 6) is 0.300. The summed E-state index contributed by atoms with van der Waals surface area (Å²) in [5.41, 5.74) is 2.49. The SMILES string of the molecule is O=C(NCc1cccc(CCl)c1)c1ccccn1. The van der Waals surface area contributed by atoms with Crippen LogP contribution in [0.1, 0.15) is 21.6 Å². The first-order valence-electron chi connectivity index (χ1n) is 5.62. The Morgan fingerprint density at radius 1 is 1.17 bits per heavy atom. The van der Waals surface area contributed by atoms with Crippen LogP contribution in [0.5, 0.6) is 0 Å². The molecule has 0 spiro atoms. The van der Waals surface area contributed by atoms with Gasteiger partial charge in [0.2, 0.25) is 0 Å². The second kappa shape index (κ2) is 6.17. The van der Waals surface area contributed by atoms with Gasteiger partial charge in [-0.1, -0.05) is 30.3 Å². The molecule has 1 N–H and O–H groups in total. The Kier molecular flexibility index (Phi) is 4.31. The predicted octanol–water partition coefficient (Wildman–Crippen LogP) is 2.75. The highest BCUT2D eigenvalue weighted by Crippen LogP contribution is 2.07. The number of pyridine rings is 1. The first-order chi connectivity index (χ1) is 8.79. The number of alkyl halides is 1. The molecule has 0 aliphatic rings. The molecule has 0 unspecified atom stereocenters. The Bertz CT molecular complexity index is 528. The van der Waals surface area contributed by atoms with Crippen LogP contribution in [0.3, 0.4) is 0 Å². The van der Waals surface area contributed by atoms with Gasteiger partial charge in [0.05, 0.1) is 0 Å². The van der Waals surface area contributed by atoms with E-state index in [0.29, 0.717) is 18.1 Å². The van der Waals surface area contributed by atoms with Gasteiger partial charge in [0.1, 0.15) is 5.69 Å². The molecule has 0 bridgehead atoms. The van der Waals surface area contributed by atoms with E-state index in [4.69, 9.17) is 11.6 Å². The lowest BCUT2D eigenvalue weighted by molar-refractivity contribution is 0.0946. The van der Waals surface area contributed by atoms with Crippen LogP contribution in [0.2, 0.25) is 0 Å². The zero-order valence-electron chi connectivity index (χ0n) is 9.77. The van der Waals surface area contributed by atoms with Crippen molar-refractivity contribution in [2.45, 2.75) is 12.4 Å². The Morgan fingerprint density at radius 2 is 2.00 bits per heavy atom. The molecule has 0 aliphatic carbocycles. The van der Waals surface area contributed by atoms with Gasteiger partial charge in [0.15, 0.2) is 0 Å². The van der Waals surface area contributed by atoms with E-state index in [1.54, 1.807) is 24.4 Å². The fourth-order valence-electron chi connectivity index (χ4n) is 1.59. The number of carbonyl (C=O) groups excluding carboxylic acids is 1. The van der Waals surface area contributed by atoms with Crippen LogP contribution in [0.15, 0.2) is 48.7 Å². The third-order valence-corrected chi connectivity index (χ3v) is 2.80. The minimum atomic E-state index is -0.174. The van der Waals surface area contributed by atoms with Crippen molar-refractivity contribution in [2.24, 2.45) is 0 Å². The molecule has 0 aliphatic heterocycles. The fraction of sp³-hybridized carbons (Fsp3) is 0.143. The summed E-state index contributed by atoms with van der Waals surface area (Å²) in [6.07, 6.45) is 1.60. The molecule has 1 aromatic carbocycles. The van der Waals surface area contributed by atoms with E-state index in [1.807, 2.05) is 24.3 Å². The van der Waals surface area contributed by atoms with Gasteiger partial charge in [-0.05, 0) is 23.3 Å². The van der Waals surface area contributed by atoms with Crippen LogP contribution < -0.4 is 5.32 Å². The first kappa shape index (κ1) is 12.6. The smallest absolute Gasteiger partial charge is 0.270 e. The molecule has 1 aromatic heterocycles. The quantitative estimate of drug-likeness (QED) is 0.859. The summed E-state index contributed by atoms with van der Waals surface area (Å²) >= 11 is 5.76. The van der Waals surface area contributed by atoms with Gasteiger partial charge in [0, 0.05) is 18.6 Å². The number of hydrogen-bond acceptors (Lipinski definition) is 2. The van der Waals surface area contributed by atoms with Crippen molar-refractivity contribution < 1.29 is 4.79 Å². The zero-order chi connectivity index (χ0) is 12.8. The van der Waals surface area contributed by atoms with E-state index in [-0.39, 0.29) is 5.91 Å². The van der Waals surface area contributed by atoms with E-state index < -0.39 is 0 Å². The number of hydrogen-bond donors (Lipinski definition) is 1. The first-order valence-corrected chi connectivity index (χ1v) is 6.16. The van der Waals surface area contributed by atoms with Gasteiger partial charge in [-0.15, -0.1) is 11.6 Å². The van der Waals surface area contributed by atoms with Crippen LogP contribution >= 0.6 is 11.6 Å².